The van der Waals surface area contributed by atoms with Gasteiger partial charge in [-0.1, -0.05) is 0 Å². The Kier molecular flexibility index (Phi) is 2.40. The zero-order valence-electron chi connectivity index (χ0n) is 6.05. The third-order valence-electron chi connectivity index (χ3n) is 1.38. The number of rotatable bonds is 3. The molecule has 1 heterocycles. The first-order chi connectivity index (χ1) is 5.52. The van der Waals surface area contributed by atoms with Crippen molar-refractivity contribution in [1.82, 2.24) is 4.57 Å². The Balaban J connectivity index is 2.62. The first kappa shape index (κ1) is 9.09. The van der Waals surface area contributed by atoms with Crippen molar-refractivity contribution in [2.24, 2.45) is 0 Å². The Hall–Kier alpha value is -1.00. The van der Waals surface area contributed by atoms with Crippen molar-refractivity contribution >= 4 is 0 Å². The number of halogens is 4. The Labute approximate surface area is 66.6 Å². The van der Waals surface area contributed by atoms with Crippen LogP contribution in [-0.4, -0.2) is 16.9 Å². The van der Waals surface area contributed by atoms with E-state index in [2.05, 4.69) is 0 Å². The normalized spacial score (nSPS) is 12.4. The van der Waals surface area contributed by atoms with Crippen molar-refractivity contribution in [3.05, 3.63) is 24.5 Å². The fourth-order valence-electron chi connectivity index (χ4n) is 0.788. The fraction of sp³-hybridized carbons (Fsp3) is 0.429. The average Bonchev–Trinajstić information content (AvgIpc) is 2.38. The van der Waals surface area contributed by atoms with Crippen LogP contribution in [0.3, 0.4) is 0 Å². The van der Waals surface area contributed by atoms with Gasteiger partial charge in [0.15, 0.2) is 0 Å². The lowest BCUT2D eigenvalue weighted by Gasteiger charge is -2.15. The fourth-order valence-corrected chi connectivity index (χ4v) is 0.788. The molecule has 0 aromatic carbocycles. The van der Waals surface area contributed by atoms with Gasteiger partial charge in [-0.15, -0.1) is 0 Å². The molecule has 1 nitrogen and oxygen atoms in total. The van der Waals surface area contributed by atoms with Gasteiger partial charge in [0.1, 0.15) is 0 Å². The minimum atomic E-state index is -3.95. The van der Waals surface area contributed by atoms with Gasteiger partial charge >= 0.3 is 12.3 Å². The monoisotopic (exact) mass is 181 g/mol. The second kappa shape index (κ2) is 3.16. The molecule has 0 unspecified atom stereocenters. The first-order valence-electron chi connectivity index (χ1n) is 3.29. The van der Waals surface area contributed by atoms with Crippen molar-refractivity contribution in [3.8, 4) is 0 Å². The first-order valence-corrected chi connectivity index (χ1v) is 3.29. The smallest absolute Gasteiger partial charge is 0.324 e. The van der Waals surface area contributed by atoms with Crippen LogP contribution in [0.1, 0.15) is 0 Å². The van der Waals surface area contributed by atoms with Crippen LogP contribution in [0.5, 0.6) is 0 Å². The van der Waals surface area contributed by atoms with E-state index in [0.29, 0.717) is 0 Å². The number of hydrogen-bond acceptors (Lipinski definition) is 0. The summed E-state index contributed by atoms with van der Waals surface area (Å²) in [5.41, 5.74) is 0. The second-order valence-electron chi connectivity index (χ2n) is 2.42. The number of aromatic nitrogens is 1. The van der Waals surface area contributed by atoms with Gasteiger partial charge in [-0.3, -0.25) is 0 Å². The van der Waals surface area contributed by atoms with Crippen molar-refractivity contribution < 1.29 is 17.6 Å². The molecular weight excluding hydrogens is 174 g/mol. The van der Waals surface area contributed by atoms with Gasteiger partial charge < -0.3 is 4.57 Å². The number of alkyl halides is 4. The molecule has 0 saturated heterocycles. The lowest BCUT2D eigenvalue weighted by Crippen LogP contribution is -2.31. The van der Waals surface area contributed by atoms with E-state index in [0.717, 1.165) is 4.57 Å². The molecule has 0 fully saturated rings. The van der Waals surface area contributed by atoms with Gasteiger partial charge in [-0.25, -0.2) is 8.78 Å². The molecule has 1 aromatic heterocycles. The molecule has 0 aliphatic rings. The highest BCUT2D eigenvalue weighted by atomic mass is 19.3. The van der Waals surface area contributed by atoms with Gasteiger partial charge in [0.2, 0.25) is 0 Å². The van der Waals surface area contributed by atoms with Crippen molar-refractivity contribution in [1.29, 1.82) is 0 Å². The highest BCUT2D eigenvalue weighted by Gasteiger charge is 2.40. The molecule has 0 aliphatic carbocycles. The third kappa shape index (κ3) is 1.99. The summed E-state index contributed by atoms with van der Waals surface area (Å²) >= 11 is 0. The zero-order valence-corrected chi connectivity index (χ0v) is 6.05. The topological polar surface area (TPSA) is 4.93 Å². The molecule has 0 bridgehead atoms. The van der Waals surface area contributed by atoms with Gasteiger partial charge in [0, 0.05) is 12.4 Å². The van der Waals surface area contributed by atoms with E-state index in [1.54, 1.807) is 0 Å². The number of nitrogens with zero attached hydrogens (tertiary/aromatic N) is 1. The Bertz CT molecular complexity index is 230. The summed E-state index contributed by atoms with van der Waals surface area (Å²) in [6, 6.07) is 3.00. The molecule has 0 saturated carbocycles. The highest BCUT2D eigenvalue weighted by Crippen LogP contribution is 2.24. The van der Waals surface area contributed by atoms with E-state index >= 15 is 0 Å². The molecule has 0 spiro atoms. The minimum Gasteiger partial charge on any atom is -0.348 e. The van der Waals surface area contributed by atoms with Crippen LogP contribution >= 0.6 is 0 Å². The molecule has 5 heteroatoms. The van der Waals surface area contributed by atoms with Crippen LogP contribution in [0, 0.1) is 0 Å². The molecule has 1 aromatic rings. The van der Waals surface area contributed by atoms with E-state index in [1.807, 2.05) is 0 Å². The maximum atomic E-state index is 12.3. The Morgan fingerprint density at radius 2 is 1.67 bits per heavy atom. The van der Waals surface area contributed by atoms with E-state index in [1.165, 1.54) is 24.5 Å². The summed E-state index contributed by atoms with van der Waals surface area (Å²) in [5, 5.41) is 0. The summed E-state index contributed by atoms with van der Waals surface area (Å²) in [5.74, 6) is -3.95. The minimum absolute atomic E-state index is 0.975. The largest absolute Gasteiger partial charge is 0.348 e. The summed E-state index contributed by atoms with van der Waals surface area (Å²) in [7, 11) is 0. The molecular formula is C7H7F4N. The Morgan fingerprint density at radius 1 is 1.17 bits per heavy atom. The molecule has 0 atom stereocenters. The van der Waals surface area contributed by atoms with E-state index in [9.17, 15) is 17.6 Å². The number of hydrogen-bond donors (Lipinski definition) is 0. The van der Waals surface area contributed by atoms with Crippen LogP contribution in [0.15, 0.2) is 24.5 Å². The third-order valence-corrected chi connectivity index (χ3v) is 1.38. The maximum absolute atomic E-state index is 12.3. The molecule has 12 heavy (non-hydrogen) atoms. The molecule has 68 valence electrons. The van der Waals surface area contributed by atoms with Crippen molar-refractivity contribution in [2.75, 3.05) is 0 Å². The summed E-state index contributed by atoms with van der Waals surface area (Å²) in [6.07, 6.45) is -0.980. The standard InChI is InChI=1S/C7H7F4N/c8-6(9)7(10,11)5-12-3-1-2-4-12/h1-4,6H,5H2. The Morgan fingerprint density at radius 3 is 2.08 bits per heavy atom. The summed E-state index contributed by atoms with van der Waals surface area (Å²) in [6.45, 7) is -0.975. The van der Waals surface area contributed by atoms with Crippen molar-refractivity contribution in [2.45, 2.75) is 18.9 Å². The van der Waals surface area contributed by atoms with Crippen LogP contribution in [0.4, 0.5) is 17.6 Å². The van der Waals surface area contributed by atoms with Gasteiger partial charge in [-0.2, -0.15) is 8.78 Å². The van der Waals surface area contributed by atoms with E-state index in [-0.39, 0.29) is 0 Å². The van der Waals surface area contributed by atoms with Crippen LogP contribution < -0.4 is 0 Å². The second-order valence-corrected chi connectivity index (χ2v) is 2.42. The molecule has 0 N–H and O–H groups in total. The van der Waals surface area contributed by atoms with Gasteiger partial charge in [0.25, 0.3) is 0 Å². The maximum Gasteiger partial charge on any atom is 0.324 e. The predicted molar refractivity (Wildman–Crippen MR) is 35.4 cm³/mol. The molecule has 0 aliphatic heterocycles. The van der Waals surface area contributed by atoms with Crippen LogP contribution in [0.2, 0.25) is 0 Å². The molecule has 1 rings (SSSR count). The SMILES string of the molecule is FC(F)C(F)(F)Cn1cccc1. The summed E-state index contributed by atoms with van der Waals surface area (Å²) < 4.78 is 49.0. The van der Waals surface area contributed by atoms with Crippen molar-refractivity contribution in [3.63, 3.8) is 0 Å². The quantitative estimate of drug-likeness (QED) is 0.631. The lowest BCUT2D eigenvalue weighted by atomic mass is 10.3. The zero-order chi connectivity index (χ0) is 9.19. The average molecular weight is 181 g/mol. The summed E-state index contributed by atoms with van der Waals surface area (Å²) in [4.78, 5) is 0. The van der Waals surface area contributed by atoms with Gasteiger partial charge in [-0.05, 0) is 12.1 Å². The molecule has 0 radical (unpaired) electrons. The lowest BCUT2D eigenvalue weighted by molar-refractivity contribution is -0.137. The highest BCUT2D eigenvalue weighted by molar-refractivity contribution is 4.91. The van der Waals surface area contributed by atoms with Gasteiger partial charge in [0.05, 0.1) is 6.54 Å². The van der Waals surface area contributed by atoms with Crippen LogP contribution in [0.25, 0.3) is 0 Å². The van der Waals surface area contributed by atoms with E-state index in [4.69, 9.17) is 0 Å². The van der Waals surface area contributed by atoms with Crippen LogP contribution in [-0.2, 0) is 6.54 Å². The van der Waals surface area contributed by atoms with E-state index < -0.39 is 18.9 Å². The predicted octanol–water partition coefficient (Wildman–Crippen LogP) is 2.39. The molecule has 0 amide bonds.